The Kier molecular flexibility index (Phi) is 3.97. The van der Waals surface area contributed by atoms with E-state index >= 15 is 0 Å². The van der Waals surface area contributed by atoms with Gasteiger partial charge in [0.15, 0.2) is 0 Å². The van der Waals surface area contributed by atoms with Gasteiger partial charge < -0.3 is 15.7 Å². The summed E-state index contributed by atoms with van der Waals surface area (Å²) in [6, 6.07) is 6.69. The number of rotatable bonds is 3. The molecular weight excluding hydrogens is 219 g/mol. The highest BCUT2D eigenvalue weighted by Crippen LogP contribution is 2.24. The average molecular weight is 238 g/mol. The molecule has 1 aliphatic rings. The number of aliphatic hydroxyl groups is 1. The molecule has 2 atom stereocenters. The van der Waals surface area contributed by atoms with E-state index in [2.05, 4.69) is 4.90 Å². The van der Waals surface area contributed by atoms with Gasteiger partial charge in [0.05, 0.1) is 0 Å². The van der Waals surface area contributed by atoms with Crippen molar-refractivity contribution >= 4 is 5.69 Å². The molecule has 17 heavy (non-hydrogen) atoms. The summed E-state index contributed by atoms with van der Waals surface area (Å²) in [6.45, 7) is 1.79. The van der Waals surface area contributed by atoms with Gasteiger partial charge in [-0.25, -0.2) is 4.39 Å². The Morgan fingerprint density at radius 2 is 2.24 bits per heavy atom. The predicted octanol–water partition coefficient (Wildman–Crippen LogP) is 1.36. The van der Waals surface area contributed by atoms with Crippen molar-refractivity contribution in [2.24, 2.45) is 11.7 Å². The second-order valence-corrected chi connectivity index (χ2v) is 4.76. The standard InChI is InChI=1S/C13H19FN2O/c14-11-2-1-3-13(7-11)16-8-10(4-5-17)6-12(15)9-16/h1-3,7,10,12,17H,4-6,8-9,15H2. The maximum absolute atomic E-state index is 13.2. The van der Waals surface area contributed by atoms with E-state index < -0.39 is 0 Å². The average Bonchev–Trinajstić information content (AvgIpc) is 2.28. The molecule has 2 rings (SSSR count). The molecule has 1 aromatic rings. The van der Waals surface area contributed by atoms with Crippen molar-refractivity contribution in [3.63, 3.8) is 0 Å². The summed E-state index contributed by atoms with van der Waals surface area (Å²) in [7, 11) is 0. The van der Waals surface area contributed by atoms with Crippen LogP contribution in [-0.2, 0) is 0 Å². The van der Waals surface area contributed by atoms with Crippen LogP contribution in [0.1, 0.15) is 12.8 Å². The van der Waals surface area contributed by atoms with Gasteiger partial charge in [-0.1, -0.05) is 6.07 Å². The third kappa shape index (κ3) is 3.17. The minimum absolute atomic E-state index is 0.101. The number of anilines is 1. The van der Waals surface area contributed by atoms with E-state index in [1.807, 2.05) is 6.07 Å². The van der Waals surface area contributed by atoms with Gasteiger partial charge in [0, 0.05) is 31.4 Å². The van der Waals surface area contributed by atoms with Crippen molar-refractivity contribution in [2.45, 2.75) is 18.9 Å². The predicted molar refractivity (Wildman–Crippen MR) is 66.4 cm³/mol. The van der Waals surface area contributed by atoms with Crippen molar-refractivity contribution in [3.05, 3.63) is 30.1 Å². The highest BCUT2D eigenvalue weighted by atomic mass is 19.1. The Morgan fingerprint density at radius 3 is 2.94 bits per heavy atom. The molecule has 1 fully saturated rings. The Bertz CT molecular complexity index is 372. The molecule has 2 unspecified atom stereocenters. The molecule has 3 nitrogen and oxygen atoms in total. The van der Waals surface area contributed by atoms with Gasteiger partial charge in [-0.3, -0.25) is 0 Å². The molecule has 0 aliphatic carbocycles. The van der Waals surface area contributed by atoms with Crippen LogP contribution < -0.4 is 10.6 Å². The number of benzene rings is 1. The van der Waals surface area contributed by atoms with Crippen molar-refractivity contribution in [2.75, 3.05) is 24.6 Å². The fourth-order valence-electron chi connectivity index (χ4n) is 2.52. The van der Waals surface area contributed by atoms with Crippen LogP contribution in [0, 0.1) is 11.7 Å². The second kappa shape index (κ2) is 5.47. The van der Waals surface area contributed by atoms with E-state index in [-0.39, 0.29) is 18.5 Å². The van der Waals surface area contributed by atoms with Crippen LogP contribution in [0.25, 0.3) is 0 Å². The van der Waals surface area contributed by atoms with Crippen LogP contribution in [0.15, 0.2) is 24.3 Å². The quantitative estimate of drug-likeness (QED) is 0.836. The van der Waals surface area contributed by atoms with E-state index in [0.717, 1.165) is 31.6 Å². The number of hydrogen-bond acceptors (Lipinski definition) is 3. The summed E-state index contributed by atoms with van der Waals surface area (Å²) in [5.74, 6) is 0.173. The SMILES string of the molecule is NC1CC(CCO)CN(c2cccc(F)c2)C1. The van der Waals surface area contributed by atoms with Gasteiger partial charge in [0.25, 0.3) is 0 Å². The Hall–Kier alpha value is -1.13. The van der Waals surface area contributed by atoms with Crippen molar-refractivity contribution in [1.82, 2.24) is 0 Å². The third-order valence-corrected chi connectivity index (χ3v) is 3.28. The van der Waals surface area contributed by atoms with Crippen LogP contribution >= 0.6 is 0 Å². The zero-order chi connectivity index (χ0) is 12.3. The highest BCUT2D eigenvalue weighted by Gasteiger charge is 2.24. The molecule has 1 heterocycles. The lowest BCUT2D eigenvalue weighted by atomic mass is 9.92. The maximum atomic E-state index is 13.2. The van der Waals surface area contributed by atoms with E-state index in [0.29, 0.717) is 5.92 Å². The first-order valence-electron chi connectivity index (χ1n) is 6.06. The van der Waals surface area contributed by atoms with Gasteiger partial charge in [-0.05, 0) is 37.0 Å². The van der Waals surface area contributed by atoms with Crippen LogP contribution in [0.5, 0.6) is 0 Å². The topological polar surface area (TPSA) is 49.5 Å². The zero-order valence-corrected chi connectivity index (χ0v) is 9.85. The van der Waals surface area contributed by atoms with Crippen LogP contribution in [0.4, 0.5) is 10.1 Å². The molecule has 1 saturated heterocycles. The molecule has 94 valence electrons. The Balaban J connectivity index is 2.09. The molecule has 0 bridgehead atoms. The first-order valence-corrected chi connectivity index (χ1v) is 6.06. The molecule has 0 radical (unpaired) electrons. The molecule has 0 spiro atoms. The summed E-state index contributed by atoms with van der Waals surface area (Å²) in [6.07, 6.45) is 1.70. The minimum Gasteiger partial charge on any atom is -0.396 e. The maximum Gasteiger partial charge on any atom is 0.125 e. The fraction of sp³-hybridized carbons (Fsp3) is 0.538. The van der Waals surface area contributed by atoms with E-state index in [1.165, 1.54) is 12.1 Å². The summed E-state index contributed by atoms with van der Waals surface area (Å²) in [4.78, 5) is 2.11. The molecule has 1 aromatic carbocycles. The third-order valence-electron chi connectivity index (χ3n) is 3.28. The van der Waals surface area contributed by atoms with Gasteiger partial charge in [0.1, 0.15) is 5.82 Å². The largest absolute Gasteiger partial charge is 0.396 e. The van der Waals surface area contributed by atoms with Crippen molar-refractivity contribution in [1.29, 1.82) is 0 Å². The molecule has 3 N–H and O–H groups in total. The molecule has 1 aliphatic heterocycles. The number of nitrogens with two attached hydrogens (primary N) is 1. The molecular formula is C13H19FN2O. The smallest absolute Gasteiger partial charge is 0.125 e. The number of aliphatic hydroxyl groups excluding tert-OH is 1. The molecule has 0 amide bonds. The number of piperidine rings is 1. The van der Waals surface area contributed by atoms with Crippen LogP contribution in [0.3, 0.4) is 0 Å². The normalized spacial score (nSPS) is 25.0. The van der Waals surface area contributed by atoms with Crippen LogP contribution in [-0.4, -0.2) is 30.8 Å². The van der Waals surface area contributed by atoms with E-state index in [1.54, 1.807) is 6.07 Å². The lowest BCUT2D eigenvalue weighted by Crippen LogP contribution is -2.47. The zero-order valence-electron chi connectivity index (χ0n) is 9.85. The number of hydrogen-bond donors (Lipinski definition) is 2. The van der Waals surface area contributed by atoms with Gasteiger partial charge >= 0.3 is 0 Å². The van der Waals surface area contributed by atoms with E-state index in [9.17, 15) is 4.39 Å². The molecule has 4 heteroatoms. The second-order valence-electron chi connectivity index (χ2n) is 4.76. The Labute approximate surface area is 101 Å². The lowest BCUT2D eigenvalue weighted by Gasteiger charge is -2.37. The van der Waals surface area contributed by atoms with Crippen LogP contribution in [0.2, 0.25) is 0 Å². The number of halogens is 1. The number of nitrogens with zero attached hydrogens (tertiary/aromatic N) is 1. The highest BCUT2D eigenvalue weighted by molar-refractivity contribution is 5.47. The Morgan fingerprint density at radius 1 is 1.41 bits per heavy atom. The van der Waals surface area contributed by atoms with E-state index in [4.69, 9.17) is 10.8 Å². The lowest BCUT2D eigenvalue weighted by molar-refractivity contribution is 0.238. The van der Waals surface area contributed by atoms with Gasteiger partial charge in [-0.2, -0.15) is 0 Å². The van der Waals surface area contributed by atoms with Crippen molar-refractivity contribution < 1.29 is 9.50 Å². The van der Waals surface area contributed by atoms with Gasteiger partial charge in [0.2, 0.25) is 0 Å². The summed E-state index contributed by atoms with van der Waals surface area (Å²) in [5.41, 5.74) is 6.88. The summed E-state index contributed by atoms with van der Waals surface area (Å²) in [5, 5.41) is 8.99. The molecule has 0 aromatic heterocycles. The molecule has 0 saturated carbocycles. The summed E-state index contributed by atoms with van der Waals surface area (Å²) < 4.78 is 13.2. The monoisotopic (exact) mass is 238 g/mol. The summed E-state index contributed by atoms with van der Waals surface area (Å²) >= 11 is 0. The van der Waals surface area contributed by atoms with Crippen molar-refractivity contribution in [3.8, 4) is 0 Å². The fourth-order valence-corrected chi connectivity index (χ4v) is 2.52. The first kappa shape index (κ1) is 12.3. The first-order chi connectivity index (χ1) is 8.19. The minimum atomic E-state index is -0.222. The van der Waals surface area contributed by atoms with Gasteiger partial charge in [-0.15, -0.1) is 0 Å².